The first-order valence-electron chi connectivity index (χ1n) is 11.2. The summed E-state index contributed by atoms with van der Waals surface area (Å²) in [5, 5.41) is 7.29. The Kier molecular flexibility index (Phi) is 6.87. The maximum atomic E-state index is 13.0. The van der Waals surface area contributed by atoms with Crippen LogP contribution in [0.2, 0.25) is 0 Å². The van der Waals surface area contributed by atoms with Gasteiger partial charge in [-0.05, 0) is 18.9 Å². The molecule has 176 valence electrons. The van der Waals surface area contributed by atoms with Crippen LogP contribution in [0.1, 0.15) is 25.7 Å². The minimum Gasteiger partial charge on any atom is -0.404 e. The fourth-order valence-corrected chi connectivity index (χ4v) is 4.28. The number of fused-ring (bicyclic) bond motifs is 1. The fraction of sp³-hybridized carbons (Fsp3) is 0.500. The molecule has 2 amide bonds. The lowest BCUT2D eigenvalue weighted by atomic mass is 10.1. The summed E-state index contributed by atoms with van der Waals surface area (Å²) in [6.45, 7) is 2.74. The third-order valence-corrected chi connectivity index (χ3v) is 6.16. The van der Waals surface area contributed by atoms with E-state index < -0.39 is 5.91 Å². The Balaban J connectivity index is 1.48. The molecule has 4 rings (SSSR count). The highest BCUT2D eigenvalue weighted by atomic mass is 16.5. The number of rotatable bonds is 6. The number of amides is 2. The van der Waals surface area contributed by atoms with Gasteiger partial charge >= 0.3 is 0 Å². The largest absolute Gasteiger partial charge is 0.404 e. The number of aliphatic imine (C=N–C) groups is 1. The summed E-state index contributed by atoms with van der Waals surface area (Å²) in [5.41, 5.74) is 6.94. The van der Waals surface area contributed by atoms with Crippen LogP contribution >= 0.6 is 0 Å². The van der Waals surface area contributed by atoms with Gasteiger partial charge < -0.3 is 25.6 Å². The number of carbonyl (C=O) groups excluding carboxylic acids is 2. The fourth-order valence-electron chi connectivity index (χ4n) is 4.28. The molecule has 2 aliphatic rings. The van der Waals surface area contributed by atoms with Crippen LogP contribution in [0.4, 0.5) is 11.6 Å². The molecule has 2 fully saturated rings. The maximum Gasteiger partial charge on any atom is 0.274 e. The lowest BCUT2D eigenvalue weighted by Gasteiger charge is -2.25. The number of anilines is 2. The highest BCUT2D eigenvalue weighted by Gasteiger charge is 2.29. The number of nitrogens with zero attached hydrogens (tertiary/aromatic N) is 6. The Morgan fingerprint density at radius 2 is 2.03 bits per heavy atom. The number of carbonyl (C=O) groups is 2. The number of hydrogen-bond donors (Lipinski definition) is 2. The van der Waals surface area contributed by atoms with Gasteiger partial charge in [-0.3, -0.25) is 14.6 Å². The van der Waals surface area contributed by atoms with Crippen LogP contribution in [-0.2, 0) is 14.3 Å². The van der Waals surface area contributed by atoms with E-state index in [4.69, 9.17) is 10.5 Å². The Morgan fingerprint density at radius 3 is 2.70 bits per heavy atom. The average molecular weight is 455 g/mol. The third-order valence-electron chi connectivity index (χ3n) is 6.16. The normalized spacial score (nSPS) is 18.1. The zero-order valence-electron chi connectivity index (χ0n) is 19.0. The number of nitrogens with one attached hydrogen (secondary N) is 1. The van der Waals surface area contributed by atoms with E-state index in [2.05, 4.69) is 25.3 Å². The van der Waals surface area contributed by atoms with Gasteiger partial charge in [0.25, 0.3) is 11.8 Å². The van der Waals surface area contributed by atoms with Crippen molar-refractivity contribution in [3.8, 4) is 0 Å². The lowest BCUT2D eigenvalue weighted by Crippen LogP contribution is -2.40. The summed E-state index contributed by atoms with van der Waals surface area (Å²) in [6.07, 6.45) is 6.98. The van der Waals surface area contributed by atoms with E-state index >= 15 is 0 Å². The number of pyridine rings is 1. The highest BCUT2D eigenvalue weighted by molar-refractivity contribution is 6.53. The van der Waals surface area contributed by atoms with Crippen molar-refractivity contribution in [2.75, 3.05) is 50.6 Å². The Bertz CT molecular complexity index is 1080. The second-order valence-electron chi connectivity index (χ2n) is 8.19. The van der Waals surface area contributed by atoms with E-state index in [9.17, 15) is 9.59 Å². The molecular formula is C22H30N8O3. The average Bonchev–Trinajstić information content (AvgIpc) is 3.52. The third kappa shape index (κ3) is 4.82. The van der Waals surface area contributed by atoms with Gasteiger partial charge in [0.1, 0.15) is 5.71 Å². The van der Waals surface area contributed by atoms with Crippen LogP contribution in [0.25, 0.3) is 5.65 Å². The molecule has 1 aliphatic carbocycles. The second-order valence-corrected chi connectivity index (χ2v) is 8.19. The zero-order valence-corrected chi connectivity index (χ0v) is 19.0. The number of ether oxygens (including phenoxy) is 1. The van der Waals surface area contributed by atoms with Crippen molar-refractivity contribution in [3.05, 3.63) is 30.1 Å². The molecule has 0 unspecified atom stereocenters. The Hall–Kier alpha value is -3.47. The molecule has 0 atom stereocenters. The Labute approximate surface area is 192 Å². The molecule has 0 aromatic carbocycles. The van der Waals surface area contributed by atoms with Crippen molar-refractivity contribution in [1.29, 1.82) is 0 Å². The molecule has 11 nitrogen and oxygen atoms in total. The topological polar surface area (TPSA) is 130 Å². The standard InChI is InChI=1S/C22H30N8O3/c1-24-19(17(14-23)21(32)28(2)16-5-3-4-6-16)20(31)25-15-7-8-30-18(13-15)26-22(27-30)29-9-11-33-12-10-29/h7-8,13-14,16H,3-6,9-12,23H2,1-2H3,(H,25,31). The maximum absolute atomic E-state index is 13.0. The summed E-state index contributed by atoms with van der Waals surface area (Å²) in [4.78, 5) is 38.4. The van der Waals surface area contributed by atoms with Crippen molar-refractivity contribution in [2.24, 2.45) is 10.7 Å². The first kappa shape index (κ1) is 22.7. The molecule has 0 radical (unpaired) electrons. The molecule has 1 saturated carbocycles. The minimum absolute atomic E-state index is 0.0114. The van der Waals surface area contributed by atoms with Gasteiger partial charge in [0.15, 0.2) is 5.65 Å². The van der Waals surface area contributed by atoms with E-state index in [0.29, 0.717) is 30.5 Å². The summed E-state index contributed by atoms with van der Waals surface area (Å²) in [5.74, 6) is -0.200. The Morgan fingerprint density at radius 1 is 1.30 bits per heavy atom. The molecule has 3 N–H and O–H groups in total. The van der Waals surface area contributed by atoms with Gasteiger partial charge in [-0.1, -0.05) is 12.8 Å². The monoisotopic (exact) mass is 454 g/mol. The van der Waals surface area contributed by atoms with Gasteiger partial charge in [0.05, 0.1) is 18.8 Å². The number of morpholine rings is 1. The van der Waals surface area contributed by atoms with Crippen LogP contribution in [-0.4, -0.2) is 83.5 Å². The summed E-state index contributed by atoms with van der Waals surface area (Å²) in [7, 11) is 3.22. The van der Waals surface area contributed by atoms with E-state index in [-0.39, 0.29) is 23.2 Å². The quantitative estimate of drug-likeness (QED) is 0.488. The summed E-state index contributed by atoms with van der Waals surface area (Å²) < 4.78 is 7.03. The molecule has 0 spiro atoms. The molecule has 1 aliphatic heterocycles. The first-order valence-corrected chi connectivity index (χ1v) is 11.2. The predicted molar refractivity (Wildman–Crippen MR) is 125 cm³/mol. The number of nitrogens with two attached hydrogens (primary N) is 1. The van der Waals surface area contributed by atoms with E-state index in [1.807, 2.05) is 0 Å². The number of aromatic nitrogens is 3. The van der Waals surface area contributed by atoms with E-state index in [1.165, 1.54) is 7.05 Å². The molecule has 11 heteroatoms. The molecular weight excluding hydrogens is 424 g/mol. The van der Waals surface area contributed by atoms with Crippen molar-refractivity contribution in [2.45, 2.75) is 31.7 Å². The number of hydrogen-bond acceptors (Lipinski definition) is 8. The van der Waals surface area contributed by atoms with Crippen LogP contribution in [0.3, 0.4) is 0 Å². The van der Waals surface area contributed by atoms with Gasteiger partial charge in [-0.25, -0.2) is 4.52 Å². The molecule has 2 aromatic heterocycles. The smallest absolute Gasteiger partial charge is 0.274 e. The van der Waals surface area contributed by atoms with Gasteiger partial charge in [-0.2, -0.15) is 4.98 Å². The highest BCUT2D eigenvalue weighted by Crippen LogP contribution is 2.24. The van der Waals surface area contributed by atoms with Crippen molar-refractivity contribution >= 4 is 34.8 Å². The molecule has 33 heavy (non-hydrogen) atoms. The van der Waals surface area contributed by atoms with E-state index in [0.717, 1.165) is 45.0 Å². The van der Waals surface area contributed by atoms with Crippen LogP contribution in [0, 0.1) is 0 Å². The lowest BCUT2D eigenvalue weighted by molar-refractivity contribution is -0.127. The zero-order chi connectivity index (χ0) is 23.4. The van der Waals surface area contributed by atoms with E-state index in [1.54, 1.807) is 34.8 Å². The van der Waals surface area contributed by atoms with Gasteiger partial charge in [0, 0.05) is 57.4 Å². The minimum atomic E-state index is -0.514. The van der Waals surface area contributed by atoms with Gasteiger partial charge in [-0.15, -0.1) is 5.10 Å². The molecule has 2 aromatic rings. The van der Waals surface area contributed by atoms with Crippen LogP contribution in [0.15, 0.2) is 35.1 Å². The second kappa shape index (κ2) is 9.99. The predicted octanol–water partition coefficient (Wildman–Crippen LogP) is 0.819. The van der Waals surface area contributed by atoms with Crippen LogP contribution < -0.4 is 16.0 Å². The molecule has 0 bridgehead atoms. The van der Waals surface area contributed by atoms with Gasteiger partial charge in [0.2, 0.25) is 5.95 Å². The summed E-state index contributed by atoms with van der Waals surface area (Å²) >= 11 is 0. The molecule has 3 heterocycles. The molecule has 1 saturated heterocycles. The van der Waals surface area contributed by atoms with Crippen molar-refractivity contribution < 1.29 is 14.3 Å². The van der Waals surface area contributed by atoms with Crippen molar-refractivity contribution in [1.82, 2.24) is 19.5 Å². The number of likely N-dealkylation sites (N-methyl/N-ethyl adjacent to an activating group) is 1. The summed E-state index contributed by atoms with van der Waals surface area (Å²) in [6, 6.07) is 3.60. The SMILES string of the molecule is CN=C(C(=O)Nc1ccn2nc(N3CCOCC3)nc2c1)C(=CN)C(=O)N(C)C1CCCC1. The first-order chi connectivity index (χ1) is 16.0. The van der Waals surface area contributed by atoms with Crippen LogP contribution in [0.5, 0.6) is 0 Å². The van der Waals surface area contributed by atoms with Crippen molar-refractivity contribution in [3.63, 3.8) is 0 Å².